The molecule has 1 aromatic carbocycles. The molecule has 1 N–H and O–H groups in total. The van der Waals surface area contributed by atoms with E-state index in [9.17, 15) is 4.79 Å². The van der Waals surface area contributed by atoms with Crippen LogP contribution in [0.15, 0.2) is 35.7 Å². The zero-order valence-electron chi connectivity index (χ0n) is 13.4. The summed E-state index contributed by atoms with van der Waals surface area (Å²) in [6, 6.07) is 10.2. The number of hydrogen-bond acceptors (Lipinski definition) is 2. The van der Waals surface area contributed by atoms with Gasteiger partial charge in [-0.15, -0.1) is 11.3 Å². The average molecular weight is 301 g/mol. The van der Waals surface area contributed by atoms with E-state index >= 15 is 0 Å². The Kier molecular flexibility index (Phi) is 4.52. The van der Waals surface area contributed by atoms with Crippen molar-refractivity contribution in [1.82, 2.24) is 5.32 Å². The van der Waals surface area contributed by atoms with Crippen LogP contribution in [-0.2, 0) is 0 Å². The molecule has 0 fully saturated rings. The van der Waals surface area contributed by atoms with Crippen LogP contribution in [0.4, 0.5) is 0 Å². The first kappa shape index (κ1) is 15.8. The molecule has 2 nitrogen and oxygen atoms in total. The first-order valence-corrected chi connectivity index (χ1v) is 8.13. The van der Waals surface area contributed by atoms with E-state index in [2.05, 4.69) is 52.1 Å². The van der Waals surface area contributed by atoms with Gasteiger partial charge in [-0.2, -0.15) is 0 Å². The summed E-state index contributed by atoms with van der Waals surface area (Å²) in [4.78, 5) is 13.8. The van der Waals surface area contributed by atoms with Gasteiger partial charge in [-0.3, -0.25) is 4.79 Å². The maximum absolute atomic E-state index is 12.6. The standard InChI is InChI=1S/C18H23NOS/c1-12-16(14-9-7-6-8-10-14)15(11-21-12)17(20)19-13(2)18(3,4)5/h6-11,13H,1-5H3,(H,19,20). The van der Waals surface area contributed by atoms with E-state index in [0.29, 0.717) is 0 Å². The van der Waals surface area contributed by atoms with Crippen molar-refractivity contribution in [1.29, 1.82) is 0 Å². The maximum Gasteiger partial charge on any atom is 0.252 e. The summed E-state index contributed by atoms with van der Waals surface area (Å²) in [5.74, 6) is 0.0145. The van der Waals surface area contributed by atoms with Crippen LogP contribution in [0, 0.1) is 12.3 Å². The van der Waals surface area contributed by atoms with Crippen molar-refractivity contribution in [3.8, 4) is 11.1 Å². The molecule has 3 heteroatoms. The lowest BCUT2D eigenvalue weighted by Crippen LogP contribution is -2.41. The molecule has 2 rings (SSSR count). The van der Waals surface area contributed by atoms with Gasteiger partial charge in [0.15, 0.2) is 0 Å². The molecule has 0 bridgehead atoms. The van der Waals surface area contributed by atoms with Crippen LogP contribution in [0.3, 0.4) is 0 Å². The van der Waals surface area contributed by atoms with Gasteiger partial charge in [-0.25, -0.2) is 0 Å². The molecule has 0 radical (unpaired) electrons. The molecular weight excluding hydrogens is 278 g/mol. The number of thiophene rings is 1. The second kappa shape index (κ2) is 6.02. The third-order valence-electron chi connectivity index (χ3n) is 3.93. The Balaban J connectivity index is 2.32. The Hall–Kier alpha value is -1.61. The smallest absolute Gasteiger partial charge is 0.252 e. The second-order valence-electron chi connectivity index (χ2n) is 6.51. The third-order valence-corrected chi connectivity index (χ3v) is 4.84. The minimum Gasteiger partial charge on any atom is -0.349 e. The van der Waals surface area contributed by atoms with Crippen molar-refractivity contribution in [3.63, 3.8) is 0 Å². The van der Waals surface area contributed by atoms with Gasteiger partial charge in [0.05, 0.1) is 5.56 Å². The molecule has 0 spiro atoms. The van der Waals surface area contributed by atoms with E-state index in [0.717, 1.165) is 16.7 Å². The van der Waals surface area contributed by atoms with Gasteiger partial charge in [0.2, 0.25) is 0 Å². The van der Waals surface area contributed by atoms with Gasteiger partial charge in [0, 0.05) is 21.9 Å². The molecule has 112 valence electrons. The van der Waals surface area contributed by atoms with Crippen LogP contribution >= 0.6 is 11.3 Å². The van der Waals surface area contributed by atoms with E-state index in [4.69, 9.17) is 0 Å². The topological polar surface area (TPSA) is 29.1 Å². The summed E-state index contributed by atoms with van der Waals surface area (Å²) in [5, 5.41) is 5.09. The Morgan fingerprint density at radius 2 is 1.81 bits per heavy atom. The quantitative estimate of drug-likeness (QED) is 0.859. The number of hydrogen-bond donors (Lipinski definition) is 1. The molecular formula is C18H23NOS. The van der Waals surface area contributed by atoms with Gasteiger partial charge in [0.25, 0.3) is 5.91 Å². The largest absolute Gasteiger partial charge is 0.349 e. The molecule has 1 aromatic heterocycles. The summed E-state index contributed by atoms with van der Waals surface area (Å²) >= 11 is 1.63. The van der Waals surface area contributed by atoms with E-state index in [1.807, 2.05) is 23.6 Å². The first-order chi connectivity index (χ1) is 9.80. The number of carbonyl (C=O) groups excluding carboxylic acids is 1. The van der Waals surface area contributed by atoms with Crippen LogP contribution in [0.25, 0.3) is 11.1 Å². The van der Waals surface area contributed by atoms with Gasteiger partial charge in [-0.05, 0) is 24.8 Å². The summed E-state index contributed by atoms with van der Waals surface area (Å²) in [6.07, 6.45) is 0. The molecule has 1 atom stereocenters. The summed E-state index contributed by atoms with van der Waals surface area (Å²) < 4.78 is 0. The molecule has 1 unspecified atom stereocenters. The second-order valence-corrected chi connectivity index (χ2v) is 7.59. The highest BCUT2D eigenvalue weighted by Crippen LogP contribution is 2.32. The number of nitrogens with one attached hydrogen (secondary N) is 1. The number of benzene rings is 1. The summed E-state index contributed by atoms with van der Waals surface area (Å²) in [7, 11) is 0. The number of aryl methyl sites for hydroxylation is 1. The number of carbonyl (C=O) groups is 1. The Labute approximate surface area is 131 Å². The normalized spacial score (nSPS) is 13.0. The number of rotatable bonds is 3. The predicted octanol–water partition coefficient (Wildman–Crippen LogP) is 4.89. The summed E-state index contributed by atoms with van der Waals surface area (Å²) in [6.45, 7) is 10.5. The fourth-order valence-electron chi connectivity index (χ4n) is 2.08. The molecule has 2 aromatic rings. The minimum atomic E-state index is 0.0145. The van der Waals surface area contributed by atoms with Crippen molar-refractivity contribution < 1.29 is 4.79 Å². The van der Waals surface area contributed by atoms with Gasteiger partial charge in [-0.1, -0.05) is 51.1 Å². The lowest BCUT2D eigenvalue weighted by Gasteiger charge is -2.28. The van der Waals surface area contributed by atoms with Crippen LogP contribution in [0.5, 0.6) is 0 Å². The van der Waals surface area contributed by atoms with E-state index < -0.39 is 0 Å². The Bertz CT molecular complexity index is 622. The van der Waals surface area contributed by atoms with Crippen LogP contribution in [0.2, 0.25) is 0 Å². The first-order valence-electron chi connectivity index (χ1n) is 7.25. The van der Waals surface area contributed by atoms with Crippen LogP contribution in [0.1, 0.15) is 42.9 Å². The maximum atomic E-state index is 12.6. The zero-order valence-corrected chi connectivity index (χ0v) is 14.2. The molecule has 21 heavy (non-hydrogen) atoms. The fraction of sp³-hybridized carbons (Fsp3) is 0.389. The van der Waals surface area contributed by atoms with Crippen molar-refractivity contribution >= 4 is 17.2 Å². The highest BCUT2D eigenvalue weighted by atomic mass is 32.1. The van der Waals surface area contributed by atoms with Gasteiger partial charge >= 0.3 is 0 Å². The molecule has 0 aliphatic heterocycles. The fourth-order valence-corrected chi connectivity index (χ4v) is 2.94. The molecule has 0 saturated carbocycles. The molecule has 1 amide bonds. The number of amides is 1. The Morgan fingerprint density at radius 3 is 2.38 bits per heavy atom. The molecule has 0 aliphatic rings. The highest BCUT2D eigenvalue weighted by molar-refractivity contribution is 7.10. The van der Waals surface area contributed by atoms with E-state index in [1.54, 1.807) is 11.3 Å². The predicted molar refractivity (Wildman–Crippen MR) is 90.9 cm³/mol. The van der Waals surface area contributed by atoms with E-state index in [1.165, 1.54) is 4.88 Å². The van der Waals surface area contributed by atoms with Crippen molar-refractivity contribution in [3.05, 3.63) is 46.2 Å². The molecule has 1 heterocycles. The van der Waals surface area contributed by atoms with Crippen molar-refractivity contribution in [2.45, 2.75) is 40.7 Å². The summed E-state index contributed by atoms with van der Waals surface area (Å²) in [5.41, 5.74) is 2.98. The highest BCUT2D eigenvalue weighted by Gasteiger charge is 2.24. The van der Waals surface area contributed by atoms with Crippen molar-refractivity contribution in [2.75, 3.05) is 0 Å². The lowest BCUT2D eigenvalue weighted by atomic mass is 9.88. The van der Waals surface area contributed by atoms with Gasteiger partial charge in [0.1, 0.15) is 0 Å². The monoisotopic (exact) mass is 301 g/mol. The Morgan fingerprint density at radius 1 is 1.19 bits per heavy atom. The van der Waals surface area contributed by atoms with Crippen LogP contribution in [-0.4, -0.2) is 11.9 Å². The van der Waals surface area contributed by atoms with Crippen LogP contribution < -0.4 is 5.32 Å². The third kappa shape index (κ3) is 3.53. The lowest BCUT2D eigenvalue weighted by molar-refractivity contribution is 0.0911. The van der Waals surface area contributed by atoms with E-state index in [-0.39, 0.29) is 17.4 Å². The average Bonchev–Trinajstić information content (AvgIpc) is 2.80. The van der Waals surface area contributed by atoms with Crippen molar-refractivity contribution in [2.24, 2.45) is 5.41 Å². The molecule has 0 saturated heterocycles. The molecule has 0 aliphatic carbocycles. The zero-order chi connectivity index (χ0) is 15.6. The SMILES string of the molecule is Cc1scc(C(=O)NC(C)C(C)(C)C)c1-c1ccccc1. The van der Waals surface area contributed by atoms with Gasteiger partial charge < -0.3 is 5.32 Å². The minimum absolute atomic E-state index is 0.0145.